The van der Waals surface area contributed by atoms with Crippen molar-refractivity contribution in [2.24, 2.45) is 5.92 Å². The largest absolute Gasteiger partial charge is 0.497 e. The highest BCUT2D eigenvalue weighted by molar-refractivity contribution is 5.85. The van der Waals surface area contributed by atoms with E-state index in [0.717, 1.165) is 37.7 Å². The highest BCUT2D eigenvalue weighted by Gasteiger charge is 2.26. The average Bonchev–Trinajstić information content (AvgIpc) is 2.55. The molecule has 5 nitrogen and oxygen atoms in total. The van der Waals surface area contributed by atoms with Crippen LogP contribution in [0.1, 0.15) is 37.7 Å². The van der Waals surface area contributed by atoms with Crippen LogP contribution in [0.25, 0.3) is 0 Å². The molecule has 2 N–H and O–H groups in total. The molecule has 120 valence electrons. The summed E-state index contributed by atoms with van der Waals surface area (Å²) < 4.78 is 5.14. The number of carbonyl (C=O) groups excluding carboxylic acids is 1. The van der Waals surface area contributed by atoms with Crippen LogP contribution in [0, 0.1) is 5.92 Å². The lowest BCUT2D eigenvalue weighted by molar-refractivity contribution is -0.142. The van der Waals surface area contributed by atoms with Gasteiger partial charge in [-0.15, -0.1) is 0 Å². The number of hydrogen-bond acceptors (Lipinski definition) is 3. The molecule has 0 saturated heterocycles. The first-order chi connectivity index (χ1) is 10.6. The van der Waals surface area contributed by atoms with E-state index in [0.29, 0.717) is 5.75 Å². The zero-order valence-corrected chi connectivity index (χ0v) is 12.9. The van der Waals surface area contributed by atoms with E-state index in [1.165, 1.54) is 0 Å². The molecule has 0 bridgehead atoms. The maximum absolute atomic E-state index is 12.2. The molecule has 1 aromatic carbocycles. The van der Waals surface area contributed by atoms with E-state index in [9.17, 15) is 14.7 Å². The second-order valence-electron chi connectivity index (χ2n) is 5.79. The number of ether oxygens (including phenoxy) is 1. The Balaban J connectivity index is 1.99. The van der Waals surface area contributed by atoms with Crippen LogP contribution in [0.15, 0.2) is 24.3 Å². The molecule has 0 spiro atoms. The summed E-state index contributed by atoms with van der Waals surface area (Å²) in [4.78, 5) is 23.7. The molecular weight excluding hydrogens is 282 g/mol. The number of benzene rings is 1. The smallest absolute Gasteiger partial charge is 0.326 e. The SMILES string of the molecule is COc1cccc(C[C@@H](NC(=O)C2CCCCC2)C(=O)O)c1. The predicted octanol–water partition coefficient (Wildman–Crippen LogP) is 2.39. The highest BCUT2D eigenvalue weighted by Crippen LogP contribution is 2.24. The fourth-order valence-corrected chi connectivity index (χ4v) is 2.89. The van der Waals surface area contributed by atoms with Crippen LogP contribution < -0.4 is 10.1 Å². The molecule has 0 unspecified atom stereocenters. The first-order valence-corrected chi connectivity index (χ1v) is 7.76. The van der Waals surface area contributed by atoms with Crippen molar-refractivity contribution < 1.29 is 19.4 Å². The van der Waals surface area contributed by atoms with Crippen LogP contribution in [0.2, 0.25) is 0 Å². The number of amides is 1. The number of carboxylic acid groups (broad SMARTS) is 1. The molecule has 1 amide bonds. The molecule has 1 saturated carbocycles. The maximum atomic E-state index is 12.2. The number of carbonyl (C=O) groups is 2. The number of aliphatic carboxylic acids is 1. The van der Waals surface area contributed by atoms with Crippen molar-refractivity contribution in [3.8, 4) is 5.75 Å². The third kappa shape index (κ3) is 4.48. The van der Waals surface area contributed by atoms with Gasteiger partial charge in [-0.1, -0.05) is 31.4 Å². The van der Waals surface area contributed by atoms with E-state index in [4.69, 9.17) is 4.74 Å². The summed E-state index contributed by atoms with van der Waals surface area (Å²) in [6.07, 6.45) is 5.23. The molecule has 0 radical (unpaired) electrons. The van der Waals surface area contributed by atoms with Gasteiger partial charge in [-0.2, -0.15) is 0 Å². The van der Waals surface area contributed by atoms with E-state index in [-0.39, 0.29) is 18.2 Å². The van der Waals surface area contributed by atoms with E-state index < -0.39 is 12.0 Å². The molecule has 5 heteroatoms. The van der Waals surface area contributed by atoms with Crippen molar-refractivity contribution in [2.45, 2.75) is 44.6 Å². The number of carboxylic acids is 1. The van der Waals surface area contributed by atoms with Crippen LogP contribution in [0.3, 0.4) is 0 Å². The van der Waals surface area contributed by atoms with Gasteiger partial charge in [0.1, 0.15) is 11.8 Å². The molecule has 1 atom stereocenters. The van der Waals surface area contributed by atoms with Gasteiger partial charge in [0.05, 0.1) is 7.11 Å². The van der Waals surface area contributed by atoms with Crippen molar-refractivity contribution in [3.63, 3.8) is 0 Å². The third-order valence-electron chi connectivity index (χ3n) is 4.16. The number of hydrogen-bond donors (Lipinski definition) is 2. The lowest BCUT2D eigenvalue weighted by Crippen LogP contribution is -2.45. The van der Waals surface area contributed by atoms with E-state index in [1.54, 1.807) is 19.2 Å². The fraction of sp³-hybridized carbons (Fsp3) is 0.529. The van der Waals surface area contributed by atoms with Gasteiger partial charge in [-0.05, 0) is 30.5 Å². The van der Waals surface area contributed by atoms with Crippen molar-refractivity contribution in [2.75, 3.05) is 7.11 Å². The van der Waals surface area contributed by atoms with Crippen LogP contribution in [0.5, 0.6) is 5.75 Å². The summed E-state index contributed by atoms with van der Waals surface area (Å²) in [5.74, 6) is -0.497. The quantitative estimate of drug-likeness (QED) is 0.846. The standard InChI is InChI=1S/C17H23NO4/c1-22-14-9-5-6-12(10-14)11-15(17(20)21)18-16(19)13-7-3-2-4-8-13/h5-6,9-10,13,15H,2-4,7-8,11H2,1H3,(H,18,19)(H,20,21)/t15-/m1/s1. The molecule has 2 rings (SSSR count). The lowest BCUT2D eigenvalue weighted by Gasteiger charge is -2.23. The minimum Gasteiger partial charge on any atom is -0.497 e. The van der Waals surface area contributed by atoms with Crippen molar-refractivity contribution in [1.82, 2.24) is 5.32 Å². The third-order valence-corrected chi connectivity index (χ3v) is 4.16. The molecule has 1 aliphatic rings. The van der Waals surface area contributed by atoms with Crippen LogP contribution in [-0.4, -0.2) is 30.1 Å². The molecule has 1 aromatic rings. The summed E-state index contributed by atoms with van der Waals surface area (Å²) in [7, 11) is 1.57. The number of rotatable bonds is 6. The van der Waals surface area contributed by atoms with Gasteiger partial charge < -0.3 is 15.2 Å². The molecule has 1 aliphatic carbocycles. The van der Waals surface area contributed by atoms with E-state index in [1.807, 2.05) is 12.1 Å². The number of methoxy groups -OCH3 is 1. The number of nitrogens with one attached hydrogen (secondary N) is 1. The summed E-state index contributed by atoms with van der Waals surface area (Å²) in [5, 5.41) is 12.1. The summed E-state index contributed by atoms with van der Waals surface area (Å²) in [6.45, 7) is 0. The second kappa shape index (κ2) is 7.82. The van der Waals surface area contributed by atoms with Gasteiger partial charge >= 0.3 is 5.97 Å². The highest BCUT2D eigenvalue weighted by atomic mass is 16.5. The summed E-state index contributed by atoms with van der Waals surface area (Å²) >= 11 is 0. The monoisotopic (exact) mass is 305 g/mol. The first-order valence-electron chi connectivity index (χ1n) is 7.76. The summed E-state index contributed by atoms with van der Waals surface area (Å²) in [5.41, 5.74) is 0.829. The Hall–Kier alpha value is -2.04. The van der Waals surface area contributed by atoms with Crippen LogP contribution in [-0.2, 0) is 16.0 Å². The van der Waals surface area contributed by atoms with Crippen molar-refractivity contribution in [3.05, 3.63) is 29.8 Å². The fourth-order valence-electron chi connectivity index (χ4n) is 2.89. The Labute approximate surface area is 130 Å². The molecule has 0 aromatic heterocycles. The Morgan fingerprint density at radius 2 is 2.05 bits per heavy atom. The minimum atomic E-state index is -1.01. The first kappa shape index (κ1) is 16.3. The average molecular weight is 305 g/mol. The Kier molecular flexibility index (Phi) is 5.81. The topological polar surface area (TPSA) is 75.6 Å². The molecule has 0 heterocycles. The second-order valence-corrected chi connectivity index (χ2v) is 5.79. The lowest BCUT2D eigenvalue weighted by atomic mass is 9.88. The maximum Gasteiger partial charge on any atom is 0.326 e. The van der Waals surface area contributed by atoms with Gasteiger partial charge in [-0.25, -0.2) is 4.79 Å². The molecule has 1 fully saturated rings. The van der Waals surface area contributed by atoms with E-state index in [2.05, 4.69) is 5.32 Å². The van der Waals surface area contributed by atoms with Crippen LogP contribution in [0.4, 0.5) is 0 Å². The van der Waals surface area contributed by atoms with Crippen LogP contribution >= 0.6 is 0 Å². The molecule has 22 heavy (non-hydrogen) atoms. The Bertz CT molecular complexity index is 523. The zero-order chi connectivity index (χ0) is 15.9. The minimum absolute atomic E-state index is 0.0408. The van der Waals surface area contributed by atoms with Crippen molar-refractivity contribution >= 4 is 11.9 Å². The van der Waals surface area contributed by atoms with Gasteiger partial charge in [0.15, 0.2) is 0 Å². The van der Waals surface area contributed by atoms with Crippen molar-refractivity contribution in [1.29, 1.82) is 0 Å². The Morgan fingerprint density at radius 1 is 1.32 bits per heavy atom. The predicted molar refractivity (Wildman–Crippen MR) is 82.8 cm³/mol. The summed E-state index contributed by atoms with van der Waals surface area (Å²) in [6, 6.07) is 6.35. The normalized spacial score (nSPS) is 16.8. The zero-order valence-electron chi connectivity index (χ0n) is 12.9. The van der Waals surface area contributed by atoms with Gasteiger partial charge in [0.2, 0.25) is 5.91 Å². The van der Waals surface area contributed by atoms with Gasteiger partial charge in [0, 0.05) is 12.3 Å². The molecular formula is C17H23NO4. The van der Waals surface area contributed by atoms with E-state index >= 15 is 0 Å². The van der Waals surface area contributed by atoms with Gasteiger partial charge in [0.25, 0.3) is 0 Å². The van der Waals surface area contributed by atoms with Gasteiger partial charge in [-0.3, -0.25) is 4.79 Å². The molecule has 0 aliphatic heterocycles. The Morgan fingerprint density at radius 3 is 2.68 bits per heavy atom.